The van der Waals surface area contributed by atoms with E-state index in [1.807, 2.05) is 14.0 Å². The van der Waals surface area contributed by atoms with E-state index in [1.165, 1.54) is 5.56 Å². The molecular formula is C26H32N+. The third kappa shape index (κ3) is 4.47. The van der Waals surface area contributed by atoms with Crippen LogP contribution < -0.4 is 4.57 Å². The molecule has 0 saturated carbocycles. The van der Waals surface area contributed by atoms with Crippen LogP contribution in [0.4, 0.5) is 0 Å². The third-order valence-corrected chi connectivity index (χ3v) is 4.68. The molecule has 0 atom stereocenters. The molecule has 1 aromatic heterocycles. The summed E-state index contributed by atoms with van der Waals surface area (Å²) >= 11 is 0. The lowest BCUT2D eigenvalue weighted by atomic mass is 9.86. The molecule has 0 spiro atoms. The van der Waals surface area contributed by atoms with Crippen LogP contribution in [0.25, 0.3) is 22.4 Å². The van der Waals surface area contributed by atoms with Crippen molar-refractivity contribution in [3.63, 3.8) is 0 Å². The second-order valence-electron chi connectivity index (χ2n) is 8.37. The van der Waals surface area contributed by atoms with Gasteiger partial charge in [-0.3, -0.25) is 0 Å². The lowest BCUT2D eigenvalue weighted by Crippen LogP contribution is -2.32. The topological polar surface area (TPSA) is 3.88 Å². The summed E-state index contributed by atoms with van der Waals surface area (Å²) in [5, 5.41) is 0. The second-order valence-corrected chi connectivity index (χ2v) is 8.37. The van der Waals surface area contributed by atoms with Gasteiger partial charge in [-0.05, 0) is 60.8 Å². The van der Waals surface area contributed by atoms with Crippen LogP contribution in [0.2, 0.25) is 0 Å². The van der Waals surface area contributed by atoms with Crippen LogP contribution in [-0.2, 0) is 13.4 Å². The molecule has 140 valence electrons. The Bertz CT molecular complexity index is 1140. The Kier molecular flexibility index (Phi) is 3.71. The Morgan fingerprint density at radius 1 is 0.926 bits per heavy atom. The molecule has 0 unspecified atom stereocenters. The number of nitrogens with zero attached hydrogens (tertiary/aromatic N) is 1. The quantitative estimate of drug-likeness (QED) is 0.477. The minimum atomic E-state index is -2.41. The Morgan fingerprint density at radius 3 is 2.22 bits per heavy atom. The Balaban J connectivity index is 2.28. The molecule has 1 heteroatoms. The van der Waals surface area contributed by atoms with Crippen LogP contribution >= 0.6 is 0 Å². The maximum atomic E-state index is 8.83. The zero-order chi connectivity index (χ0) is 24.1. The first kappa shape index (κ1) is 13.7. The predicted molar refractivity (Wildman–Crippen MR) is 116 cm³/mol. The summed E-state index contributed by atoms with van der Waals surface area (Å²) in [5.74, 6) is 0. The smallest absolute Gasteiger partial charge is 0.201 e. The molecule has 3 aromatic rings. The van der Waals surface area contributed by atoms with Crippen molar-refractivity contribution in [2.24, 2.45) is 12.5 Å². The van der Waals surface area contributed by atoms with Crippen molar-refractivity contribution >= 4 is 0 Å². The second kappa shape index (κ2) is 7.31. The maximum Gasteiger partial charge on any atom is 0.212 e. The van der Waals surface area contributed by atoms with Gasteiger partial charge in [-0.1, -0.05) is 62.7 Å². The van der Waals surface area contributed by atoms with E-state index in [2.05, 4.69) is 49.4 Å². The molecule has 3 rings (SSSR count). The number of aromatic nitrogens is 1. The predicted octanol–water partition coefficient (Wildman–Crippen LogP) is 6.36. The van der Waals surface area contributed by atoms with Gasteiger partial charge >= 0.3 is 0 Å². The van der Waals surface area contributed by atoms with Gasteiger partial charge in [0.2, 0.25) is 5.69 Å². The van der Waals surface area contributed by atoms with Gasteiger partial charge in [-0.25, -0.2) is 4.57 Å². The molecule has 27 heavy (non-hydrogen) atoms. The number of aryl methyl sites for hydroxylation is 4. The first-order chi connectivity index (χ1) is 14.6. The summed E-state index contributed by atoms with van der Waals surface area (Å²) in [7, 11) is 1.82. The zero-order valence-corrected chi connectivity index (χ0v) is 17.1. The van der Waals surface area contributed by atoms with Crippen LogP contribution in [0, 0.1) is 26.1 Å². The Morgan fingerprint density at radius 2 is 1.59 bits per heavy atom. The molecule has 0 aliphatic carbocycles. The van der Waals surface area contributed by atoms with Gasteiger partial charge in [0.25, 0.3) is 0 Å². The molecule has 0 fully saturated rings. The molecule has 0 N–H and O–H groups in total. The highest BCUT2D eigenvalue weighted by Crippen LogP contribution is 2.30. The first-order valence-corrected chi connectivity index (χ1v) is 9.35. The molecule has 2 aromatic carbocycles. The number of pyridine rings is 1. The van der Waals surface area contributed by atoms with E-state index in [0.29, 0.717) is 0 Å². The van der Waals surface area contributed by atoms with E-state index >= 15 is 0 Å². The van der Waals surface area contributed by atoms with E-state index in [9.17, 15) is 0 Å². The monoisotopic (exact) mass is 363 g/mol. The lowest BCUT2D eigenvalue weighted by molar-refractivity contribution is -0.660. The van der Waals surface area contributed by atoms with Crippen LogP contribution in [0.15, 0.2) is 54.7 Å². The highest BCUT2D eigenvalue weighted by atomic mass is 14.9. The SMILES string of the molecule is [2H]C([2H])([2H])c1c[n+](C)c(-c2cc(-c3ccc(C)cc3)ccc2C)cc1C([2H])([2H])C(C)(C)C. The van der Waals surface area contributed by atoms with Gasteiger partial charge in [-0.15, -0.1) is 0 Å². The van der Waals surface area contributed by atoms with Gasteiger partial charge in [0.1, 0.15) is 7.05 Å². The Hall–Kier alpha value is -2.41. The van der Waals surface area contributed by atoms with Gasteiger partial charge in [0.05, 0.1) is 0 Å². The highest BCUT2D eigenvalue weighted by molar-refractivity contribution is 5.73. The van der Waals surface area contributed by atoms with Crippen molar-refractivity contribution in [2.45, 2.75) is 47.8 Å². The average molecular weight is 364 g/mol. The lowest BCUT2D eigenvalue weighted by Gasteiger charge is -2.19. The fourth-order valence-electron chi connectivity index (χ4n) is 3.25. The Labute approximate surface area is 171 Å². The van der Waals surface area contributed by atoms with Crippen LogP contribution in [-0.4, -0.2) is 0 Å². The standard InChI is InChI=1S/C26H32N/c1-18-8-11-21(12-9-18)22-13-10-19(2)24(14-22)25-15-23(16-26(4,5)6)20(3)17-27(25)7/h8-15,17H,16H2,1-7H3/q+1/i3D3,16D2. The van der Waals surface area contributed by atoms with Gasteiger partial charge in [0, 0.05) is 24.0 Å². The maximum absolute atomic E-state index is 8.83. The zero-order valence-electron chi connectivity index (χ0n) is 22.1. The molecule has 1 heterocycles. The van der Waals surface area contributed by atoms with Crippen molar-refractivity contribution in [2.75, 3.05) is 0 Å². The number of hydrogen-bond acceptors (Lipinski definition) is 0. The van der Waals surface area contributed by atoms with Crippen molar-refractivity contribution in [1.29, 1.82) is 0 Å². The van der Waals surface area contributed by atoms with E-state index in [4.69, 9.17) is 6.85 Å². The minimum Gasteiger partial charge on any atom is -0.201 e. The van der Waals surface area contributed by atoms with Crippen LogP contribution in [0.1, 0.15) is 49.9 Å². The molecule has 1 nitrogen and oxygen atoms in total. The fraction of sp³-hybridized carbons (Fsp3) is 0.346. The molecule has 0 radical (unpaired) electrons. The van der Waals surface area contributed by atoms with E-state index in [1.54, 1.807) is 37.6 Å². The summed E-state index contributed by atoms with van der Waals surface area (Å²) in [6.07, 6.45) is -0.262. The van der Waals surface area contributed by atoms with Crippen molar-refractivity contribution < 1.29 is 11.4 Å². The van der Waals surface area contributed by atoms with E-state index in [-0.39, 0.29) is 11.1 Å². The van der Waals surface area contributed by atoms with Gasteiger partial charge < -0.3 is 0 Å². The summed E-state index contributed by atoms with van der Waals surface area (Å²) in [4.78, 5) is 0. The van der Waals surface area contributed by atoms with Gasteiger partial charge in [0.15, 0.2) is 6.20 Å². The molecule has 0 bridgehead atoms. The van der Waals surface area contributed by atoms with Gasteiger partial charge in [-0.2, -0.15) is 0 Å². The molecule has 0 aliphatic heterocycles. The fourth-order valence-corrected chi connectivity index (χ4v) is 3.25. The van der Waals surface area contributed by atoms with Crippen LogP contribution in [0.3, 0.4) is 0 Å². The first-order valence-electron chi connectivity index (χ1n) is 11.9. The van der Waals surface area contributed by atoms with E-state index < -0.39 is 18.6 Å². The largest absolute Gasteiger partial charge is 0.212 e. The summed E-state index contributed by atoms with van der Waals surface area (Å²) in [6.45, 7) is 7.05. The molecule has 0 aliphatic rings. The number of rotatable bonds is 3. The number of hydrogen-bond donors (Lipinski definition) is 0. The van der Waals surface area contributed by atoms with Crippen LogP contribution in [0.5, 0.6) is 0 Å². The molecule has 0 saturated heterocycles. The summed E-state index contributed by atoms with van der Waals surface area (Å²) in [6, 6.07) is 16.3. The van der Waals surface area contributed by atoms with Crippen molar-refractivity contribution in [1.82, 2.24) is 0 Å². The molecular weight excluding hydrogens is 326 g/mol. The average Bonchev–Trinajstić information content (AvgIpc) is 2.67. The minimum absolute atomic E-state index is 0.0519. The third-order valence-electron chi connectivity index (χ3n) is 4.68. The van der Waals surface area contributed by atoms with Crippen molar-refractivity contribution in [3.05, 3.63) is 77.0 Å². The summed E-state index contributed by atoms with van der Waals surface area (Å²) < 4.78 is 43.5. The normalized spacial score (nSPS) is 15.4. The van der Waals surface area contributed by atoms with Crippen molar-refractivity contribution in [3.8, 4) is 22.4 Å². The summed E-state index contributed by atoms with van der Waals surface area (Å²) in [5.41, 5.74) is 5.63. The molecule has 0 amide bonds. The highest BCUT2D eigenvalue weighted by Gasteiger charge is 2.20. The number of benzene rings is 2. The van der Waals surface area contributed by atoms with E-state index in [0.717, 1.165) is 27.9 Å².